The predicted molar refractivity (Wildman–Crippen MR) is 149 cm³/mol. The predicted octanol–water partition coefficient (Wildman–Crippen LogP) is 5.97. The van der Waals surface area contributed by atoms with E-state index in [1.165, 1.54) is 0 Å². The van der Waals surface area contributed by atoms with Gasteiger partial charge in [-0.15, -0.1) is 0 Å². The molecule has 1 fully saturated rings. The van der Waals surface area contributed by atoms with Crippen molar-refractivity contribution >= 4 is 44.5 Å². The minimum Gasteiger partial charge on any atom is -0.361 e. The molecule has 0 spiro atoms. The van der Waals surface area contributed by atoms with E-state index in [0.717, 1.165) is 58.1 Å². The lowest BCUT2D eigenvalue weighted by Gasteiger charge is -2.25. The molecule has 1 saturated heterocycles. The second-order valence-electron chi connectivity index (χ2n) is 9.36. The van der Waals surface area contributed by atoms with Crippen LogP contribution in [0, 0.1) is 18.3 Å². The van der Waals surface area contributed by atoms with Gasteiger partial charge in [0.1, 0.15) is 6.07 Å². The summed E-state index contributed by atoms with van der Waals surface area (Å²) < 4.78 is 27.4. The fraction of sp³-hybridized carbons (Fsp3) is 0.241. The molecule has 7 nitrogen and oxygen atoms in total. The number of aromatic amines is 1. The first kappa shape index (κ1) is 24.8. The van der Waals surface area contributed by atoms with Crippen LogP contribution in [0.5, 0.6) is 0 Å². The number of pyridine rings is 1. The number of fused-ring (bicyclic) bond motifs is 1. The van der Waals surface area contributed by atoms with Gasteiger partial charge in [-0.05, 0) is 54.7 Å². The van der Waals surface area contributed by atoms with Gasteiger partial charge in [-0.2, -0.15) is 5.26 Å². The third kappa shape index (κ3) is 5.43. The molecule has 8 heteroatoms. The van der Waals surface area contributed by atoms with Crippen LogP contribution in [0.1, 0.15) is 47.1 Å². The Morgan fingerprint density at radius 1 is 1.11 bits per heavy atom. The summed E-state index contributed by atoms with van der Waals surface area (Å²) in [6.45, 7) is 3.26. The van der Waals surface area contributed by atoms with Crippen LogP contribution in [0.4, 0.5) is 11.4 Å². The summed E-state index contributed by atoms with van der Waals surface area (Å²) in [6, 6.07) is 15.8. The first-order valence-corrected chi connectivity index (χ1v) is 14.0. The molecule has 0 radical (unpaired) electrons. The maximum absolute atomic E-state index is 12.9. The second-order valence-corrected chi connectivity index (χ2v) is 11.3. The van der Waals surface area contributed by atoms with Crippen molar-refractivity contribution in [1.29, 1.82) is 5.26 Å². The first-order valence-electron chi connectivity index (χ1n) is 12.4. The number of benzene rings is 2. The quantitative estimate of drug-likeness (QED) is 0.318. The Kier molecular flexibility index (Phi) is 7.08. The number of piperidine rings is 1. The summed E-state index contributed by atoms with van der Waals surface area (Å²) in [5.41, 5.74) is 6.56. The zero-order chi connectivity index (χ0) is 25.8. The van der Waals surface area contributed by atoms with Crippen LogP contribution in [-0.4, -0.2) is 35.8 Å². The highest BCUT2D eigenvalue weighted by Gasteiger charge is 2.24. The Morgan fingerprint density at radius 2 is 1.95 bits per heavy atom. The Balaban J connectivity index is 1.41. The Bertz CT molecular complexity index is 1610. The SMILES string of the molecule is Cc1c(Nc2c(C#N)cncc2C=Cc2cccc(CS(=O)(=O)N3CCCCC3)c2)ccc2[nH]ccc12. The van der Waals surface area contributed by atoms with E-state index in [1.807, 2.05) is 67.7 Å². The van der Waals surface area contributed by atoms with Gasteiger partial charge < -0.3 is 10.3 Å². The molecule has 2 aromatic heterocycles. The van der Waals surface area contributed by atoms with Gasteiger partial charge in [0.25, 0.3) is 0 Å². The van der Waals surface area contributed by atoms with Crippen molar-refractivity contribution in [2.45, 2.75) is 31.9 Å². The topological polar surface area (TPSA) is 102 Å². The molecule has 0 unspecified atom stereocenters. The first-order chi connectivity index (χ1) is 17.9. The van der Waals surface area contributed by atoms with Crippen LogP contribution in [0.3, 0.4) is 0 Å². The van der Waals surface area contributed by atoms with Crippen molar-refractivity contribution in [2.75, 3.05) is 18.4 Å². The lowest BCUT2D eigenvalue weighted by atomic mass is 10.1. The third-order valence-electron chi connectivity index (χ3n) is 6.82. The molecule has 2 N–H and O–H groups in total. The van der Waals surface area contributed by atoms with Gasteiger partial charge in [0.15, 0.2) is 0 Å². The number of rotatable bonds is 7. The summed E-state index contributed by atoms with van der Waals surface area (Å²) in [7, 11) is -3.34. The molecule has 1 aliphatic rings. The maximum Gasteiger partial charge on any atom is 0.218 e. The molecule has 0 bridgehead atoms. The third-order valence-corrected chi connectivity index (χ3v) is 8.67. The Morgan fingerprint density at radius 3 is 2.76 bits per heavy atom. The number of H-pyrrole nitrogens is 1. The summed E-state index contributed by atoms with van der Waals surface area (Å²) in [4.78, 5) is 7.47. The number of hydrogen-bond acceptors (Lipinski definition) is 5. The van der Waals surface area contributed by atoms with E-state index in [0.29, 0.717) is 24.3 Å². The van der Waals surface area contributed by atoms with E-state index < -0.39 is 10.0 Å². The summed E-state index contributed by atoms with van der Waals surface area (Å²) in [5, 5.41) is 14.3. The lowest BCUT2D eigenvalue weighted by Crippen LogP contribution is -2.36. The zero-order valence-corrected chi connectivity index (χ0v) is 21.6. The van der Waals surface area contributed by atoms with Gasteiger partial charge >= 0.3 is 0 Å². The van der Waals surface area contributed by atoms with Gasteiger partial charge in [0, 0.05) is 53.8 Å². The van der Waals surface area contributed by atoms with Crippen molar-refractivity contribution in [1.82, 2.24) is 14.3 Å². The number of nitriles is 1. The molecule has 37 heavy (non-hydrogen) atoms. The van der Waals surface area contributed by atoms with Crippen LogP contribution in [0.2, 0.25) is 0 Å². The average molecular weight is 512 g/mol. The summed E-state index contributed by atoms with van der Waals surface area (Å²) >= 11 is 0. The van der Waals surface area contributed by atoms with Crippen molar-refractivity contribution < 1.29 is 8.42 Å². The molecular formula is C29H29N5O2S. The molecule has 0 saturated carbocycles. The number of hydrogen-bond donors (Lipinski definition) is 2. The van der Waals surface area contributed by atoms with Gasteiger partial charge in [0.05, 0.1) is 17.0 Å². The van der Waals surface area contributed by atoms with Crippen LogP contribution >= 0.6 is 0 Å². The average Bonchev–Trinajstić information content (AvgIpc) is 3.40. The monoisotopic (exact) mass is 511 g/mol. The largest absolute Gasteiger partial charge is 0.361 e. The maximum atomic E-state index is 12.9. The fourth-order valence-corrected chi connectivity index (χ4v) is 6.40. The molecule has 4 aromatic rings. The Labute approximate surface area is 217 Å². The highest BCUT2D eigenvalue weighted by molar-refractivity contribution is 7.88. The van der Waals surface area contributed by atoms with Crippen LogP contribution < -0.4 is 5.32 Å². The second kappa shape index (κ2) is 10.6. The molecule has 188 valence electrons. The van der Waals surface area contributed by atoms with Gasteiger partial charge in [0.2, 0.25) is 10.0 Å². The lowest BCUT2D eigenvalue weighted by molar-refractivity contribution is 0.346. The summed E-state index contributed by atoms with van der Waals surface area (Å²) in [5.74, 6) is -0.00608. The number of nitrogens with zero attached hydrogens (tertiary/aromatic N) is 3. The Hall–Kier alpha value is -3.93. The highest BCUT2D eigenvalue weighted by atomic mass is 32.2. The van der Waals surface area contributed by atoms with Gasteiger partial charge in [-0.1, -0.05) is 42.8 Å². The number of anilines is 2. The summed E-state index contributed by atoms with van der Waals surface area (Å²) in [6.07, 6.45) is 11.9. The van der Waals surface area contributed by atoms with E-state index in [2.05, 4.69) is 21.4 Å². The van der Waals surface area contributed by atoms with Crippen LogP contribution in [-0.2, 0) is 15.8 Å². The molecule has 0 amide bonds. The zero-order valence-electron chi connectivity index (χ0n) is 20.7. The van der Waals surface area contributed by atoms with Gasteiger partial charge in [-0.3, -0.25) is 4.98 Å². The molecular weight excluding hydrogens is 482 g/mol. The molecule has 3 heterocycles. The fourth-order valence-electron chi connectivity index (χ4n) is 4.80. The van der Waals surface area contributed by atoms with E-state index in [-0.39, 0.29) is 5.75 Å². The number of sulfonamides is 1. The molecule has 0 aliphatic carbocycles. The highest BCUT2D eigenvalue weighted by Crippen LogP contribution is 2.31. The smallest absolute Gasteiger partial charge is 0.218 e. The molecule has 1 aliphatic heterocycles. The van der Waals surface area contributed by atoms with Crippen LogP contribution in [0.15, 0.2) is 61.1 Å². The van der Waals surface area contributed by atoms with Crippen molar-refractivity contribution in [2.24, 2.45) is 0 Å². The molecule has 5 rings (SSSR count). The number of nitrogens with one attached hydrogen (secondary N) is 2. The standard InChI is InChI=1S/C29H29N5O2S/c1-21-26-12-13-32-28(26)11-10-27(21)33-29-24(18-31-19-25(29)17-30)9-8-22-6-5-7-23(16-22)20-37(35,36)34-14-3-2-4-15-34/h5-13,16,18-19,32H,2-4,14-15,20H2,1H3,(H,31,33). The van der Waals surface area contributed by atoms with Crippen molar-refractivity contribution in [3.05, 3.63) is 88.9 Å². The van der Waals surface area contributed by atoms with Gasteiger partial charge in [-0.25, -0.2) is 12.7 Å². The van der Waals surface area contributed by atoms with Crippen molar-refractivity contribution in [3.63, 3.8) is 0 Å². The number of aromatic nitrogens is 2. The minimum atomic E-state index is -3.34. The van der Waals surface area contributed by atoms with Crippen LogP contribution in [0.25, 0.3) is 23.1 Å². The molecule has 2 aromatic carbocycles. The van der Waals surface area contributed by atoms with E-state index in [4.69, 9.17) is 0 Å². The van der Waals surface area contributed by atoms with E-state index >= 15 is 0 Å². The minimum absolute atomic E-state index is 0.00608. The normalized spacial score (nSPS) is 14.7. The van der Waals surface area contributed by atoms with Crippen molar-refractivity contribution in [3.8, 4) is 6.07 Å². The van der Waals surface area contributed by atoms with E-state index in [9.17, 15) is 13.7 Å². The van der Waals surface area contributed by atoms with E-state index in [1.54, 1.807) is 16.7 Å². The number of aryl methyl sites for hydroxylation is 1. The molecule has 0 atom stereocenters.